The molecule has 0 fully saturated rings. The zero-order chi connectivity index (χ0) is 14.0. The van der Waals surface area contributed by atoms with E-state index < -0.39 is 5.97 Å². The molecule has 0 saturated carbocycles. The molecule has 0 spiro atoms. The number of benzene rings is 1. The molecule has 0 saturated heterocycles. The van der Waals surface area contributed by atoms with Crippen molar-refractivity contribution >= 4 is 5.97 Å². The Hall–Kier alpha value is -2.10. The summed E-state index contributed by atoms with van der Waals surface area (Å²) < 4.78 is 14.6. The van der Waals surface area contributed by atoms with E-state index in [4.69, 9.17) is 0 Å². The minimum absolute atomic E-state index is 0.291. The molecular formula is C15H16FNO2. The summed E-state index contributed by atoms with van der Waals surface area (Å²) in [5.74, 6) is -1.22. The van der Waals surface area contributed by atoms with E-state index in [-0.39, 0.29) is 5.82 Å². The van der Waals surface area contributed by atoms with Crippen molar-refractivity contribution in [3.05, 3.63) is 58.7 Å². The van der Waals surface area contributed by atoms with Gasteiger partial charge in [-0.05, 0) is 42.7 Å². The highest BCUT2D eigenvalue weighted by molar-refractivity contribution is 5.88. The van der Waals surface area contributed by atoms with E-state index in [1.165, 1.54) is 12.1 Å². The molecule has 1 aromatic carbocycles. The van der Waals surface area contributed by atoms with Gasteiger partial charge < -0.3 is 9.67 Å². The molecule has 3 nitrogen and oxygen atoms in total. The minimum atomic E-state index is -0.924. The van der Waals surface area contributed by atoms with Gasteiger partial charge in [0.15, 0.2) is 0 Å². The second-order valence-electron chi connectivity index (χ2n) is 4.53. The van der Waals surface area contributed by atoms with E-state index in [2.05, 4.69) is 0 Å². The zero-order valence-electron chi connectivity index (χ0n) is 11.0. The van der Waals surface area contributed by atoms with Gasteiger partial charge in [0.25, 0.3) is 0 Å². The van der Waals surface area contributed by atoms with Crippen LogP contribution in [0.3, 0.4) is 0 Å². The van der Waals surface area contributed by atoms with Crippen LogP contribution in [0.1, 0.15) is 34.2 Å². The summed E-state index contributed by atoms with van der Waals surface area (Å²) in [5.41, 5.74) is 2.93. The molecule has 1 aromatic heterocycles. The predicted octanol–water partition coefficient (Wildman–Crippen LogP) is 3.24. The summed E-state index contributed by atoms with van der Waals surface area (Å²) in [5, 5.41) is 9.33. The number of aromatic carboxylic acids is 1. The lowest BCUT2D eigenvalue weighted by molar-refractivity contribution is 0.0684. The molecular weight excluding hydrogens is 245 g/mol. The molecule has 0 unspecified atom stereocenters. The molecule has 0 aliphatic heterocycles. The predicted molar refractivity (Wildman–Crippen MR) is 71.0 cm³/mol. The van der Waals surface area contributed by atoms with Crippen LogP contribution in [0.15, 0.2) is 30.3 Å². The number of carbonyl (C=O) groups is 1. The fraction of sp³-hybridized carbons (Fsp3) is 0.267. The van der Waals surface area contributed by atoms with Gasteiger partial charge in [-0.1, -0.05) is 19.1 Å². The van der Waals surface area contributed by atoms with E-state index >= 15 is 0 Å². The van der Waals surface area contributed by atoms with E-state index in [1.807, 2.05) is 19.9 Å². The second-order valence-corrected chi connectivity index (χ2v) is 4.53. The first kappa shape index (κ1) is 13.3. The van der Waals surface area contributed by atoms with Gasteiger partial charge in [-0.2, -0.15) is 0 Å². The first-order chi connectivity index (χ1) is 9.02. The van der Waals surface area contributed by atoms with Crippen LogP contribution in [0.5, 0.6) is 0 Å². The number of aryl methyl sites for hydroxylation is 2. The molecule has 0 radical (unpaired) electrons. The van der Waals surface area contributed by atoms with Crippen LogP contribution < -0.4 is 0 Å². The number of halogens is 1. The fourth-order valence-corrected chi connectivity index (χ4v) is 2.25. The average Bonchev–Trinajstić information content (AvgIpc) is 2.69. The molecule has 0 bridgehead atoms. The van der Waals surface area contributed by atoms with Crippen LogP contribution in [-0.2, 0) is 13.0 Å². The third kappa shape index (κ3) is 2.67. The summed E-state index contributed by atoms with van der Waals surface area (Å²) >= 11 is 0. The summed E-state index contributed by atoms with van der Waals surface area (Å²) in [7, 11) is 0. The second kappa shape index (κ2) is 5.26. The van der Waals surface area contributed by atoms with Gasteiger partial charge in [0, 0.05) is 12.2 Å². The Morgan fingerprint density at radius 2 is 1.95 bits per heavy atom. The normalized spacial score (nSPS) is 10.7. The number of hydrogen-bond acceptors (Lipinski definition) is 1. The van der Waals surface area contributed by atoms with Crippen molar-refractivity contribution in [1.82, 2.24) is 4.57 Å². The van der Waals surface area contributed by atoms with Crippen molar-refractivity contribution < 1.29 is 14.3 Å². The van der Waals surface area contributed by atoms with Crippen molar-refractivity contribution in [3.8, 4) is 0 Å². The van der Waals surface area contributed by atoms with E-state index in [1.54, 1.807) is 16.7 Å². The molecule has 0 aliphatic carbocycles. The lowest BCUT2D eigenvalue weighted by Gasteiger charge is -2.10. The monoisotopic (exact) mass is 261 g/mol. The largest absolute Gasteiger partial charge is 0.477 e. The van der Waals surface area contributed by atoms with Gasteiger partial charge in [0.1, 0.15) is 11.5 Å². The van der Waals surface area contributed by atoms with E-state index in [0.717, 1.165) is 16.8 Å². The maximum Gasteiger partial charge on any atom is 0.352 e. The van der Waals surface area contributed by atoms with E-state index in [9.17, 15) is 14.3 Å². The fourth-order valence-electron chi connectivity index (χ4n) is 2.25. The molecule has 0 aliphatic rings. The van der Waals surface area contributed by atoms with Crippen LogP contribution in [0.25, 0.3) is 0 Å². The highest BCUT2D eigenvalue weighted by atomic mass is 19.1. The Kier molecular flexibility index (Phi) is 3.69. The van der Waals surface area contributed by atoms with Crippen LogP contribution in [-0.4, -0.2) is 15.6 Å². The Labute approximate surface area is 111 Å². The smallest absolute Gasteiger partial charge is 0.352 e. The van der Waals surface area contributed by atoms with Gasteiger partial charge in [0.2, 0.25) is 0 Å². The van der Waals surface area contributed by atoms with Crippen molar-refractivity contribution in [2.24, 2.45) is 0 Å². The molecule has 100 valence electrons. The first-order valence-electron chi connectivity index (χ1n) is 6.19. The first-order valence-corrected chi connectivity index (χ1v) is 6.19. The highest BCUT2D eigenvalue weighted by Gasteiger charge is 2.17. The number of rotatable bonds is 4. The molecule has 4 heteroatoms. The van der Waals surface area contributed by atoms with Crippen molar-refractivity contribution in [3.63, 3.8) is 0 Å². The summed E-state index contributed by atoms with van der Waals surface area (Å²) in [6.07, 6.45) is 0.679. The Balaban J connectivity index is 2.41. The highest BCUT2D eigenvalue weighted by Crippen LogP contribution is 2.19. The Bertz CT molecular complexity index is 599. The quantitative estimate of drug-likeness (QED) is 0.918. The van der Waals surface area contributed by atoms with Gasteiger partial charge in [-0.3, -0.25) is 0 Å². The molecule has 19 heavy (non-hydrogen) atoms. The lowest BCUT2D eigenvalue weighted by atomic mass is 10.2. The van der Waals surface area contributed by atoms with Gasteiger partial charge in [-0.25, -0.2) is 9.18 Å². The Morgan fingerprint density at radius 1 is 1.32 bits per heavy atom. The lowest BCUT2D eigenvalue weighted by Crippen LogP contribution is -2.12. The third-order valence-electron chi connectivity index (χ3n) is 3.22. The molecule has 2 rings (SSSR count). The summed E-state index contributed by atoms with van der Waals surface area (Å²) in [6, 6.07) is 8.01. The Morgan fingerprint density at radius 3 is 2.47 bits per heavy atom. The number of hydrogen-bond donors (Lipinski definition) is 1. The minimum Gasteiger partial charge on any atom is -0.477 e. The van der Waals surface area contributed by atoms with E-state index in [0.29, 0.717) is 18.7 Å². The molecule has 1 heterocycles. The maximum absolute atomic E-state index is 12.9. The van der Waals surface area contributed by atoms with Gasteiger partial charge in [0.05, 0.1) is 0 Å². The molecule has 0 amide bonds. The summed E-state index contributed by atoms with van der Waals surface area (Å²) in [4.78, 5) is 11.4. The van der Waals surface area contributed by atoms with Gasteiger partial charge >= 0.3 is 5.97 Å². The molecule has 0 atom stereocenters. The average molecular weight is 261 g/mol. The SMILES string of the molecule is CCc1cc(C)n(Cc2ccc(F)cc2)c1C(=O)O. The summed E-state index contributed by atoms with van der Waals surface area (Å²) in [6.45, 7) is 4.26. The number of carboxylic acid groups (broad SMARTS) is 1. The van der Waals surface area contributed by atoms with Crippen molar-refractivity contribution in [2.45, 2.75) is 26.8 Å². The van der Waals surface area contributed by atoms with Gasteiger partial charge in [-0.15, -0.1) is 0 Å². The maximum atomic E-state index is 12.9. The van der Waals surface area contributed by atoms with Crippen molar-refractivity contribution in [1.29, 1.82) is 0 Å². The standard InChI is InChI=1S/C15H16FNO2/c1-3-12-8-10(2)17(14(12)15(18)19)9-11-4-6-13(16)7-5-11/h4-8H,3,9H2,1-2H3,(H,18,19). The number of carboxylic acids is 1. The number of nitrogens with zero attached hydrogens (tertiary/aromatic N) is 1. The van der Waals surface area contributed by atoms with Crippen LogP contribution in [0.4, 0.5) is 4.39 Å². The molecule has 1 N–H and O–H groups in total. The van der Waals surface area contributed by atoms with Crippen LogP contribution >= 0.6 is 0 Å². The third-order valence-corrected chi connectivity index (χ3v) is 3.22. The topological polar surface area (TPSA) is 42.2 Å². The molecule has 2 aromatic rings. The van der Waals surface area contributed by atoms with Crippen LogP contribution in [0, 0.1) is 12.7 Å². The van der Waals surface area contributed by atoms with Crippen molar-refractivity contribution in [2.75, 3.05) is 0 Å². The zero-order valence-corrected chi connectivity index (χ0v) is 11.0. The van der Waals surface area contributed by atoms with Crippen LogP contribution in [0.2, 0.25) is 0 Å². The number of aromatic nitrogens is 1.